The predicted molar refractivity (Wildman–Crippen MR) is 64.7 cm³/mol. The van der Waals surface area contributed by atoms with E-state index in [-0.39, 0.29) is 36.4 Å². The van der Waals surface area contributed by atoms with Crippen molar-refractivity contribution in [2.24, 2.45) is 11.8 Å². The van der Waals surface area contributed by atoms with Crippen molar-refractivity contribution in [2.45, 2.75) is 38.1 Å². The van der Waals surface area contributed by atoms with E-state index in [1.54, 1.807) is 4.90 Å². The van der Waals surface area contributed by atoms with Gasteiger partial charge in [0.25, 0.3) is 0 Å². The van der Waals surface area contributed by atoms with Crippen LogP contribution in [0.1, 0.15) is 32.1 Å². The number of hydrogen-bond acceptors (Lipinski definition) is 4. The molecule has 0 bridgehead atoms. The lowest BCUT2D eigenvalue weighted by molar-refractivity contribution is -0.145. The molecule has 1 aliphatic heterocycles. The van der Waals surface area contributed by atoms with Crippen LogP contribution in [-0.2, 0) is 14.3 Å². The second-order valence-corrected chi connectivity index (χ2v) is 5.24. The molecule has 0 aromatic rings. The maximum atomic E-state index is 12.3. The van der Waals surface area contributed by atoms with Gasteiger partial charge in [-0.25, -0.2) is 0 Å². The van der Waals surface area contributed by atoms with Crippen molar-refractivity contribution in [1.29, 1.82) is 0 Å². The Bertz CT molecular complexity index is 331. The number of methoxy groups -OCH3 is 1. The summed E-state index contributed by atoms with van der Waals surface area (Å²) >= 11 is 0. The number of amides is 1. The number of nitrogens with zero attached hydrogens (tertiary/aromatic N) is 1. The number of hydrogen-bond donors (Lipinski definition) is 1. The van der Waals surface area contributed by atoms with Crippen molar-refractivity contribution >= 4 is 11.9 Å². The van der Waals surface area contributed by atoms with E-state index in [4.69, 9.17) is 4.74 Å². The van der Waals surface area contributed by atoms with Crippen LogP contribution in [0.3, 0.4) is 0 Å². The fraction of sp³-hybridized carbons (Fsp3) is 0.846. The summed E-state index contributed by atoms with van der Waals surface area (Å²) in [5.41, 5.74) is 0. The Hall–Kier alpha value is -1.10. The Morgan fingerprint density at radius 2 is 2.00 bits per heavy atom. The number of rotatable bonds is 3. The summed E-state index contributed by atoms with van der Waals surface area (Å²) in [4.78, 5) is 25.6. The summed E-state index contributed by atoms with van der Waals surface area (Å²) in [6, 6.07) is -0.0188. The molecule has 0 aromatic heterocycles. The normalized spacial score (nSPS) is 31.7. The van der Waals surface area contributed by atoms with Gasteiger partial charge in [-0.2, -0.15) is 0 Å². The van der Waals surface area contributed by atoms with E-state index in [9.17, 15) is 14.7 Å². The third-order valence-corrected chi connectivity index (χ3v) is 4.19. The van der Waals surface area contributed by atoms with E-state index in [2.05, 4.69) is 0 Å². The van der Waals surface area contributed by atoms with E-state index in [0.717, 1.165) is 32.2 Å². The summed E-state index contributed by atoms with van der Waals surface area (Å²) < 4.78 is 4.73. The van der Waals surface area contributed by atoms with Crippen molar-refractivity contribution in [3.63, 3.8) is 0 Å². The van der Waals surface area contributed by atoms with Crippen LogP contribution >= 0.6 is 0 Å². The van der Waals surface area contributed by atoms with Gasteiger partial charge in [0.05, 0.1) is 25.7 Å². The number of carbonyl (C=O) groups excluding carboxylic acids is 2. The molecule has 5 heteroatoms. The lowest BCUT2D eigenvalue weighted by atomic mass is 10.0. The molecule has 0 spiro atoms. The lowest BCUT2D eigenvalue weighted by Gasteiger charge is -2.26. The van der Waals surface area contributed by atoms with Gasteiger partial charge >= 0.3 is 5.97 Å². The number of aliphatic hydroxyl groups is 1. The average molecular weight is 255 g/mol. The third-order valence-electron chi connectivity index (χ3n) is 4.19. The van der Waals surface area contributed by atoms with Crippen LogP contribution in [0.25, 0.3) is 0 Å². The zero-order valence-corrected chi connectivity index (χ0v) is 10.8. The second kappa shape index (κ2) is 5.69. The van der Waals surface area contributed by atoms with E-state index in [1.165, 1.54) is 7.11 Å². The SMILES string of the molecule is COC(=O)[C@@H]1CC[C@H](C(=O)N2CCC[C@H]2CO)C1. The summed E-state index contributed by atoms with van der Waals surface area (Å²) in [6.07, 6.45) is 3.94. The van der Waals surface area contributed by atoms with Crippen LogP contribution in [0.4, 0.5) is 0 Å². The van der Waals surface area contributed by atoms with Gasteiger partial charge in [0.2, 0.25) is 5.91 Å². The molecular formula is C13H21NO4. The first-order valence-electron chi connectivity index (χ1n) is 6.66. The van der Waals surface area contributed by atoms with Gasteiger partial charge in [-0.15, -0.1) is 0 Å². The first-order chi connectivity index (χ1) is 8.67. The van der Waals surface area contributed by atoms with Gasteiger partial charge in [0, 0.05) is 12.5 Å². The smallest absolute Gasteiger partial charge is 0.308 e. The highest BCUT2D eigenvalue weighted by Gasteiger charge is 2.39. The molecule has 2 aliphatic rings. The zero-order chi connectivity index (χ0) is 13.1. The Labute approximate surface area is 107 Å². The first kappa shape index (κ1) is 13.3. The molecule has 3 atom stereocenters. The van der Waals surface area contributed by atoms with Crippen LogP contribution in [-0.4, -0.2) is 48.2 Å². The van der Waals surface area contributed by atoms with Gasteiger partial charge in [-0.3, -0.25) is 9.59 Å². The maximum Gasteiger partial charge on any atom is 0.308 e. The monoisotopic (exact) mass is 255 g/mol. The summed E-state index contributed by atoms with van der Waals surface area (Å²) in [7, 11) is 1.39. The van der Waals surface area contributed by atoms with Gasteiger partial charge in [-0.1, -0.05) is 0 Å². The molecule has 0 unspecified atom stereocenters. The molecule has 1 aliphatic carbocycles. The number of carbonyl (C=O) groups is 2. The van der Waals surface area contributed by atoms with Crippen molar-refractivity contribution in [2.75, 3.05) is 20.3 Å². The number of likely N-dealkylation sites (tertiary alicyclic amines) is 1. The molecule has 2 fully saturated rings. The number of aliphatic hydroxyl groups excluding tert-OH is 1. The molecule has 1 heterocycles. The first-order valence-corrected chi connectivity index (χ1v) is 6.66. The molecule has 1 saturated heterocycles. The fourth-order valence-electron chi connectivity index (χ4n) is 3.14. The van der Waals surface area contributed by atoms with Crippen molar-refractivity contribution in [3.8, 4) is 0 Å². The van der Waals surface area contributed by atoms with Crippen LogP contribution in [0.15, 0.2) is 0 Å². The Morgan fingerprint density at radius 1 is 1.28 bits per heavy atom. The molecule has 0 radical (unpaired) electrons. The summed E-state index contributed by atoms with van der Waals surface area (Å²) in [6.45, 7) is 0.780. The van der Waals surface area contributed by atoms with Gasteiger partial charge < -0.3 is 14.7 Å². The minimum absolute atomic E-state index is 0.0188. The number of esters is 1. The van der Waals surface area contributed by atoms with Crippen molar-refractivity contribution in [3.05, 3.63) is 0 Å². The standard InChI is InChI=1S/C13H21NO4/c1-18-13(17)10-5-4-9(7-10)12(16)14-6-2-3-11(14)8-15/h9-11,15H,2-8H2,1H3/t9-,10+,11-/m0/s1. The van der Waals surface area contributed by atoms with E-state index in [0.29, 0.717) is 6.42 Å². The Morgan fingerprint density at radius 3 is 2.67 bits per heavy atom. The van der Waals surface area contributed by atoms with Gasteiger partial charge in [0.15, 0.2) is 0 Å². The summed E-state index contributed by atoms with van der Waals surface area (Å²) in [5.74, 6) is -0.288. The van der Waals surface area contributed by atoms with Gasteiger partial charge in [0.1, 0.15) is 0 Å². The summed E-state index contributed by atoms with van der Waals surface area (Å²) in [5, 5.41) is 9.24. The molecule has 1 N–H and O–H groups in total. The fourth-order valence-corrected chi connectivity index (χ4v) is 3.14. The predicted octanol–water partition coefficient (Wildman–Crippen LogP) is 0.559. The number of ether oxygens (including phenoxy) is 1. The van der Waals surface area contributed by atoms with Crippen molar-refractivity contribution < 1.29 is 19.4 Å². The molecule has 1 amide bonds. The maximum absolute atomic E-state index is 12.3. The lowest BCUT2D eigenvalue weighted by Crippen LogP contribution is -2.40. The Kier molecular flexibility index (Phi) is 4.22. The molecule has 102 valence electrons. The van der Waals surface area contributed by atoms with Crippen molar-refractivity contribution in [1.82, 2.24) is 4.90 Å². The van der Waals surface area contributed by atoms with E-state index >= 15 is 0 Å². The zero-order valence-electron chi connectivity index (χ0n) is 10.8. The van der Waals surface area contributed by atoms with Gasteiger partial charge in [-0.05, 0) is 32.1 Å². The largest absolute Gasteiger partial charge is 0.469 e. The minimum Gasteiger partial charge on any atom is -0.469 e. The van der Waals surface area contributed by atoms with E-state index in [1.807, 2.05) is 0 Å². The Balaban J connectivity index is 1.93. The highest BCUT2D eigenvalue weighted by molar-refractivity contribution is 5.81. The average Bonchev–Trinajstić information content (AvgIpc) is 3.05. The minimum atomic E-state index is -0.203. The highest BCUT2D eigenvalue weighted by atomic mass is 16.5. The van der Waals surface area contributed by atoms with Crippen LogP contribution < -0.4 is 0 Å². The van der Waals surface area contributed by atoms with Crippen LogP contribution in [0.2, 0.25) is 0 Å². The molecular weight excluding hydrogens is 234 g/mol. The molecule has 0 aromatic carbocycles. The second-order valence-electron chi connectivity index (χ2n) is 5.24. The van der Waals surface area contributed by atoms with Crippen LogP contribution in [0, 0.1) is 11.8 Å². The third kappa shape index (κ3) is 2.51. The quantitative estimate of drug-likeness (QED) is 0.748. The van der Waals surface area contributed by atoms with Crippen LogP contribution in [0.5, 0.6) is 0 Å². The molecule has 2 rings (SSSR count). The molecule has 5 nitrogen and oxygen atoms in total. The molecule has 1 saturated carbocycles. The molecule has 18 heavy (non-hydrogen) atoms. The highest BCUT2D eigenvalue weighted by Crippen LogP contribution is 2.34. The van der Waals surface area contributed by atoms with E-state index < -0.39 is 0 Å². The topological polar surface area (TPSA) is 66.8 Å².